The van der Waals surface area contributed by atoms with Gasteiger partial charge in [-0.1, -0.05) is 6.07 Å². The minimum Gasteiger partial charge on any atom is -0.383 e. The van der Waals surface area contributed by atoms with E-state index in [1.807, 2.05) is 48.8 Å². The maximum absolute atomic E-state index is 9.66. The number of aromatic nitrogens is 3. The summed E-state index contributed by atoms with van der Waals surface area (Å²) in [6.07, 6.45) is 11.0. The molecule has 7 heteroatoms. The predicted octanol–water partition coefficient (Wildman–Crippen LogP) is 4.79. The summed E-state index contributed by atoms with van der Waals surface area (Å²) < 4.78 is 5.04. The lowest BCUT2D eigenvalue weighted by atomic mass is 10.1. The third kappa shape index (κ3) is 5.26. The molecule has 0 spiro atoms. The molecule has 3 N–H and O–H groups in total. The van der Waals surface area contributed by atoms with Gasteiger partial charge in [-0.2, -0.15) is 5.26 Å². The van der Waals surface area contributed by atoms with Crippen molar-refractivity contribution in [1.82, 2.24) is 20.3 Å². The van der Waals surface area contributed by atoms with E-state index in [1.54, 1.807) is 19.5 Å². The summed E-state index contributed by atoms with van der Waals surface area (Å²) in [5.74, 6) is 0. The molecule has 0 fully saturated rings. The molecule has 33 heavy (non-hydrogen) atoms. The van der Waals surface area contributed by atoms with Crippen molar-refractivity contribution in [1.29, 1.82) is 5.26 Å². The van der Waals surface area contributed by atoms with Crippen LogP contribution in [0.25, 0.3) is 23.1 Å². The average molecular weight is 439 g/mol. The molecule has 1 aromatic carbocycles. The van der Waals surface area contributed by atoms with Crippen molar-refractivity contribution in [2.45, 2.75) is 13.5 Å². The summed E-state index contributed by atoms with van der Waals surface area (Å²) in [6.45, 7) is 4.29. The molecule has 0 atom stereocenters. The van der Waals surface area contributed by atoms with Gasteiger partial charge in [0.2, 0.25) is 0 Å². The summed E-state index contributed by atoms with van der Waals surface area (Å²) in [5, 5.41) is 17.6. The summed E-state index contributed by atoms with van der Waals surface area (Å²) in [4.78, 5) is 12.0. The van der Waals surface area contributed by atoms with Crippen molar-refractivity contribution in [2.75, 3.05) is 25.6 Å². The lowest BCUT2D eigenvalue weighted by molar-refractivity contribution is 0.199. The van der Waals surface area contributed by atoms with E-state index in [0.29, 0.717) is 12.2 Å². The highest BCUT2D eigenvalue weighted by molar-refractivity contribution is 5.90. The third-order valence-corrected chi connectivity index (χ3v) is 5.45. The number of nitrogens with zero attached hydrogens (tertiary/aromatic N) is 3. The second-order valence-electron chi connectivity index (χ2n) is 7.66. The van der Waals surface area contributed by atoms with Crippen LogP contribution in [0.2, 0.25) is 0 Å². The molecule has 0 unspecified atom stereocenters. The number of hydrogen-bond donors (Lipinski definition) is 3. The Morgan fingerprint density at radius 3 is 2.82 bits per heavy atom. The van der Waals surface area contributed by atoms with Crippen LogP contribution in [0.5, 0.6) is 0 Å². The van der Waals surface area contributed by atoms with Crippen LogP contribution in [-0.4, -0.2) is 35.2 Å². The van der Waals surface area contributed by atoms with E-state index >= 15 is 0 Å². The number of rotatable bonds is 9. The lowest BCUT2D eigenvalue weighted by Crippen LogP contribution is -2.18. The van der Waals surface area contributed by atoms with E-state index in [0.717, 1.165) is 57.8 Å². The molecule has 0 aliphatic heterocycles. The number of methoxy groups -OCH3 is 1. The number of anilines is 2. The van der Waals surface area contributed by atoms with Gasteiger partial charge in [0.25, 0.3) is 0 Å². The highest BCUT2D eigenvalue weighted by Crippen LogP contribution is 2.31. The third-order valence-electron chi connectivity index (χ3n) is 5.45. The maximum Gasteiger partial charge on any atom is 0.103 e. The first-order chi connectivity index (χ1) is 16.2. The summed E-state index contributed by atoms with van der Waals surface area (Å²) >= 11 is 0. The fourth-order valence-electron chi connectivity index (χ4n) is 3.60. The molecule has 4 aromatic rings. The molecule has 0 aliphatic carbocycles. The fourth-order valence-corrected chi connectivity index (χ4v) is 3.60. The van der Waals surface area contributed by atoms with Gasteiger partial charge >= 0.3 is 0 Å². The molecule has 0 saturated carbocycles. The van der Waals surface area contributed by atoms with Gasteiger partial charge in [0.15, 0.2) is 0 Å². The Morgan fingerprint density at radius 2 is 2.03 bits per heavy atom. The van der Waals surface area contributed by atoms with Crippen LogP contribution in [0.3, 0.4) is 0 Å². The number of nitrogens with one attached hydrogen (secondary N) is 3. The number of H-pyrrole nitrogens is 1. The Bertz CT molecular complexity index is 1300. The minimum atomic E-state index is 0.483. The topological polar surface area (TPSA) is 98.6 Å². The molecule has 166 valence electrons. The molecule has 3 heterocycles. The second kappa shape index (κ2) is 10.6. The molecule has 0 amide bonds. The molecular formula is C26H26N6O. The SMILES string of the molecule is COCCNCc1ccc(C=Cc2cncc(C#N)c2Nc2ccc3[nH]ccc3c2C)nc1. The zero-order chi connectivity index (χ0) is 23.0. The van der Waals surface area contributed by atoms with Crippen LogP contribution in [0.1, 0.15) is 27.9 Å². The number of hydrogen-bond acceptors (Lipinski definition) is 6. The van der Waals surface area contributed by atoms with Crippen molar-refractivity contribution in [3.8, 4) is 6.07 Å². The van der Waals surface area contributed by atoms with Crippen molar-refractivity contribution >= 4 is 34.4 Å². The Kier molecular flexibility index (Phi) is 7.10. The number of benzene rings is 1. The van der Waals surface area contributed by atoms with Gasteiger partial charge in [-0.15, -0.1) is 0 Å². The van der Waals surface area contributed by atoms with Gasteiger partial charge in [0, 0.05) is 67.1 Å². The van der Waals surface area contributed by atoms with Crippen LogP contribution in [0, 0.1) is 18.3 Å². The largest absolute Gasteiger partial charge is 0.383 e. The van der Waals surface area contributed by atoms with Crippen molar-refractivity contribution in [3.63, 3.8) is 0 Å². The van der Waals surface area contributed by atoms with Gasteiger partial charge < -0.3 is 20.4 Å². The van der Waals surface area contributed by atoms with E-state index in [2.05, 4.69) is 44.6 Å². The molecule has 0 radical (unpaired) electrons. The molecule has 0 bridgehead atoms. The van der Waals surface area contributed by atoms with Gasteiger partial charge in [-0.25, -0.2) is 0 Å². The van der Waals surface area contributed by atoms with E-state index < -0.39 is 0 Å². The van der Waals surface area contributed by atoms with E-state index in [1.165, 1.54) is 0 Å². The number of fused-ring (bicyclic) bond motifs is 1. The standard InChI is InChI=1S/C26H26N6O/c1-18-23-9-10-30-25(23)8-7-24(18)32-26-20(16-29-17-21(26)13-27)4-6-22-5-3-19(15-31-22)14-28-11-12-33-2/h3-10,15-17,28,30H,11-12,14H2,1-2H3,(H,29,32). The van der Waals surface area contributed by atoms with Gasteiger partial charge in [0.05, 0.1) is 23.6 Å². The van der Waals surface area contributed by atoms with Crippen molar-refractivity contribution < 1.29 is 4.74 Å². The Balaban J connectivity index is 1.55. The second-order valence-corrected chi connectivity index (χ2v) is 7.66. The van der Waals surface area contributed by atoms with E-state index in [9.17, 15) is 5.26 Å². The zero-order valence-electron chi connectivity index (χ0n) is 18.7. The summed E-state index contributed by atoms with van der Waals surface area (Å²) in [6, 6.07) is 12.4. The first-order valence-electron chi connectivity index (χ1n) is 10.7. The summed E-state index contributed by atoms with van der Waals surface area (Å²) in [7, 11) is 1.69. The number of nitriles is 1. The lowest BCUT2D eigenvalue weighted by Gasteiger charge is -2.14. The molecule has 3 aromatic heterocycles. The van der Waals surface area contributed by atoms with Crippen molar-refractivity contribution in [3.05, 3.63) is 83.1 Å². The zero-order valence-corrected chi connectivity index (χ0v) is 18.7. The molecule has 0 saturated heterocycles. The maximum atomic E-state index is 9.66. The average Bonchev–Trinajstić information content (AvgIpc) is 3.33. The van der Waals surface area contributed by atoms with E-state index in [-0.39, 0.29) is 0 Å². The van der Waals surface area contributed by atoms with Crippen LogP contribution >= 0.6 is 0 Å². The van der Waals surface area contributed by atoms with Gasteiger partial charge in [-0.3, -0.25) is 9.97 Å². The minimum absolute atomic E-state index is 0.483. The Hall–Kier alpha value is -3.99. The van der Waals surface area contributed by atoms with Crippen LogP contribution in [0.15, 0.2) is 55.1 Å². The quantitative estimate of drug-likeness (QED) is 0.325. The summed E-state index contributed by atoms with van der Waals surface area (Å²) in [5.41, 5.74) is 7.09. The first kappa shape index (κ1) is 22.2. The van der Waals surface area contributed by atoms with Crippen LogP contribution in [0.4, 0.5) is 11.4 Å². The highest BCUT2D eigenvalue weighted by Gasteiger charge is 2.11. The molecule has 0 aliphatic rings. The molecule has 7 nitrogen and oxygen atoms in total. The highest BCUT2D eigenvalue weighted by atomic mass is 16.5. The first-order valence-corrected chi connectivity index (χ1v) is 10.7. The van der Waals surface area contributed by atoms with Crippen molar-refractivity contribution in [2.24, 2.45) is 0 Å². The smallest absolute Gasteiger partial charge is 0.103 e. The van der Waals surface area contributed by atoms with Gasteiger partial charge in [-0.05, 0) is 54.5 Å². The Labute approximate surface area is 193 Å². The van der Waals surface area contributed by atoms with E-state index in [4.69, 9.17) is 4.74 Å². The van der Waals surface area contributed by atoms with Gasteiger partial charge in [0.1, 0.15) is 6.07 Å². The normalized spacial score (nSPS) is 11.2. The number of aromatic amines is 1. The van der Waals surface area contributed by atoms with Crippen LogP contribution in [-0.2, 0) is 11.3 Å². The number of aryl methyl sites for hydroxylation is 1. The predicted molar refractivity (Wildman–Crippen MR) is 132 cm³/mol. The molecule has 4 rings (SSSR count). The fraction of sp³-hybridized carbons (Fsp3) is 0.192. The van der Waals surface area contributed by atoms with Crippen LogP contribution < -0.4 is 10.6 Å². The number of pyridine rings is 2. The monoisotopic (exact) mass is 438 g/mol. The Morgan fingerprint density at radius 1 is 1.12 bits per heavy atom. The number of ether oxygens (including phenoxy) is 1. The molecular weight excluding hydrogens is 412 g/mol.